The first-order valence-electron chi connectivity index (χ1n) is 10.8. The fraction of sp³-hybridized carbons (Fsp3) is 0.240. The number of pyridine rings is 1. The second kappa shape index (κ2) is 8.63. The number of carbonyl (C=O) groups is 2. The van der Waals surface area contributed by atoms with Crippen LogP contribution in [0.5, 0.6) is 0 Å². The first-order chi connectivity index (χ1) is 16.1. The molecule has 2 aliphatic heterocycles. The van der Waals surface area contributed by atoms with E-state index in [2.05, 4.69) is 10.3 Å². The number of urea groups is 1. The third-order valence-electron chi connectivity index (χ3n) is 6.45. The summed E-state index contributed by atoms with van der Waals surface area (Å²) in [5.41, 5.74) is 3.09. The van der Waals surface area contributed by atoms with E-state index in [1.165, 1.54) is 17.0 Å². The minimum Gasteiger partial charge on any atom is -0.394 e. The van der Waals surface area contributed by atoms with Crippen molar-refractivity contribution < 1.29 is 19.1 Å². The van der Waals surface area contributed by atoms with E-state index in [0.717, 1.165) is 16.7 Å². The number of nitrogens with one attached hydrogen (secondary N) is 1. The first kappa shape index (κ1) is 21.1. The van der Waals surface area contributed by atoms with E-state index in [1.807, 2.05) is 36.4 Å². The lowest BCUT2D eigenvalue weighted by atomic mass is 9.73. The normalized spacial score (nSPS) is 21.9. The average Bonchev–Trinajstić information content (AvgIpc) is 2.82. The number of benzene rings is 2. The van der Waals surface area contributed by atoms with E-state index in [4.69, 9.17) is 0 Å². The number of nitrogens with zero attached hydrogens (tertiary/aromatic N) is 3. The van der Waals surface area contributed by atoms with Gasteiger partial charge in [-0.05, 0) is 34.9 Å². The summed E-state index contributed by atoms with van der Waals surface area (Å²) in [7, 11) is 0. The molecular formula is C25H23FN4O3. The van der Waals surface area contributed by atoms with E-state index in [9.17, 15) is 19.1 Å². The molecule has 0 unspecified atom stereocenters. The molecule has 2 aromatic carbocycles. The number of aliphatic hydroxyl groups is 1. The van der Waals surface area contributed by atoms with Gasteiger partial charge >= 0.3 is 6.03 Å². The molecule has 0 saturated carbocycles. The molecule has 0 aliphatic carbocycles. The molecule has 5 rings (SSSR count). The first-order valence-corrected chi connectivity index (χ1v) is 10.8. The quantitative estimate of drug-likeness (QED) is 0.645. The molecule has 3 amide bonds. The molecular weight excluding hydrogens is 423 g/mol. The van der Waals surface area contributed by atoms with Crippen LogP contribution in [-0.2, 0) is 4.79 Å². The molecule has 0 radical (unpaired) electrons. The second-order valence-electron chi connectivity index (χ2n) is 8.30. The van der Waals surface area contributed by atoms with Crippen LogP contribution < -0.4 is 5.32 Å². The summed E-state index contributed by atoms with van der Waals surface area (Å²) in [6.45, 7) is 0.0379. The van der Waals surface area contributed by atoms with Crippen LogP contribution in [-0.4, -0.2) is 63.6 Å². The fourth-order valence-corrected chi connectivity index (χ4v) is 4.84. The molecule has 7 nitrogen and oxygen atoms in total. The van der Waals surface area contributed by atoms with Crippen LogP contribution >= 0.6 is 0 Å². The van der Waals surface area contributed by atoms with Crippen molar-refractivity contribution in [3.8, 4) is 11.1 Å². The number of carbonyl (C=O) groups excluding carboxylic acids is 2. The summed E-state index contributed by atoms with van der Waals surface area (Å²) in [4.78, 5) is 32.8. The number of anilines is 1. The van der Waals surface area contributed by atoms with Crippen molar-refractivity contribution in [1.82, 2.24) is 14.8 Å². The standard InChI is InChI=1S/C25H23FN4O3/c26-19-5-1-2-6-20(19)28-25(33)29-13-21-24(22(15-31)30(21)23(32)14-29)17-9-7-16(8-10-17)18-4-3-11-27-12-18/h1-12,21-22,24,31H,13-15H2,(H,28,33)/t21-,22+,24+/m1/s1. The summed E-state index contributed by atoms with van der Waals surface area (Å²) >= 11 is 0. The lowest BCUT2D eigenvalue weighted by molar-refractivity contribution is -0.159. The number of piperazine rings is 1. The predicted molar refractivity (Wildman–Crippen MR) is 121 cm³/mol. The maximum absolute atomic E-state index is 13.9. The zero-order valence-electron chi connectivity index (χ0n) is 17.8. The fourth-order valence-electron chi connectivity index (χ4n) is 4.84. The largest absolute Gasteiger partial charge is 0.394 e. The van der Waals surface area contributed by atoms with Crippen LogP contribution in [0.3, 0.4) is 0 Å². The summed E-state index contributed by atoms with van der Waals surface area (Å²) in [6, 6.07) is 16.7. The Kier molecular flexibility index (Phi) is 5.51. The number of rotatable bonds is 4. The molecule has 3 heterocycles. The Morgan fingerprint density at radius 1 is 1.09 bits per heavy atom. The van der Waals surface area contributed by atoms with Crippen molar-refractivity contribution in [1.29, 1.82) is 0 Å². The number of aliphatic hydroxyl groups excluding tert-OH is 1. The van der Waals surface area contributed by atoms with Crippen molar-refractivity contribution in [3.05, 3.63) is 84.4 Å². The van der Waals surface area contributed by atoms with Gasteiger partial charge in [-0.15, -0.1) is 0 Å². The van der Waals surface area contributed by atoms with Crippen LogP contribution in [0.25, 0.3) is 11.1 Å². The maximum Gasteiger partial charge on any atom is 0.322 e. The number of aromatic nitrogens is 1. The van der Waals surface area contributed by atoms with Gasteiger partial charge in [0.1, 0.15) is 12.4 Å². The third kappa shape index (κ3) is 3.82. The van der Waals surface area contributed by atoms with E-state index in [0.29, 0.717) is 6.54 Å². The van der Waals surface area contributed by atoms with Crippen molar-refractivity contribution >= 4 is 17.6 Å². The number of hydrogen-bond donors (Lipinski definition) is 2. The van der Waals surface area contributed by atoms with Gasteiger partial charge in [0.25, 0.3) is 0 Å². The summed E-state index contributed by atoms with van der Waals surface area (Å²) in [6.07, 6.45) is 3.52. The van der Waals surface area contributed by atoms with E-state index in [-0.39, 0.29) is 42.7 Å². The van der Waals surface area contributed by atoms with Crippen molar-refractivity contribution in [2.24, 2.45) is 0 Å². The number of fused-ring (bicyclic) bond motifs is 1. The lowest BCUT2D eigenvalue weighted by Crippen LogP contribution is -2.73. The van der Waals surface area contributed by atoms with Gasteiger partial charge in [0.15, 0.2) is 0 Å². The molecule has 168 valence electrons. The van der Waals surface area contributed by atoms with E-state index in [1.54, 1.807) is 29.4 Å². The summed E-state index contributed by atoms with van der Waals surface area (Å²) < 4.78 is 13.9. The zero-order valence-corrected chi connectivity index (χ0v) is 17.8. The Hall–Kier alpha value is -3.78. The van der Waals surface area contributed by atoms with Gasteiger partial charge < -0.3 is 20.2 Å². The number of hydrogen-bond acceptors (Lipinski definition) is 4. The second-order valence-corrected chi connectivity index (χ2v) is 8.30. The molecule has 3 aromatic rings. The smallest absolute Gasteiger partial charge is 0.322 e. The van der Waals surface area contributed by atoms with Crippen LogP contribution in [0.1, 0.15) is 11.5 Å². The molecule has 2 fully saturated rings. The zero-order chi connectivity index (χ0) is 22.9. The molecule has 0 spiro atoms. The topological polar surface area (TPSA) is 85.8 Å². The third-order valence-corrected chi connectivity index (χ3v) is 6.45. The van der Waals surface area contributed by atoms with Gasteiger partial charge in [-0.25, -0.2) is 9.18 Å². The summed E-state index contributed by atoms with van der Waals surface area (Å²) in [5, 5.41) is 12.5. The van der Waals surface area contributed by atoms with Crippen molar-refractivity contribution in [2.75, 3.05) is 25.0 Å². The Balaban J connectivity index is 1.35. The molecule has 33 heavy (non-hydrogen) atoms. The van der Waals surface area contributed by atoms with Crippen LogP contribution in [0.2, 0.25) is 0 Å². The Labute approximate surface area is 190 Å². The molecule has 2 N–H and O–H groups in total. The Morgan fingerprint density at radius 3 is 2.58 bits per heavy atom. The van der Waals surface area contributed by atoms with Gasteiger partial charge in [0.05, 0.1) is 24.4 Å². The molecule has 2 aliphatic rings. The molecule has 2 saturated heterocycles. The number of para-hydroxylation sites is 1. The van der Waals surface area contributed by atoms with Gasteiger partial charge in [0, 0.05) is 24.9 Å². The van der Waals surface area contributed by atoms with Gasteiger partial charge in [-0.3, -0.25) is 9.78 Å². The minimum absolute atomic E-state index is 0.0711. The van der Waals surface area contributed by atoms with Crippen molar-refractivity contribution in [3.63, 3.8) is 0 Å². The summed E-state index contributed by atoms with van der Waals surface area (Å²) in [5.74, 6) is -0.866. The Morgan fingerprint density at radius 2 is 1.88 bits per heavy atom. The minimum atomic E-state index is -0.536. The average molecular weight is 446 g/mol. The number of amides is 3. The highest BCUT2D eigenvalue weighted by molar-refractivity contribution is 5.94. The van der Waals surface area contributed by atoms with E-state index >= 15 is 0 Å². The highest BCUT2D eigenvalue weighted by atomic mass is 19.1. The molecule has 1 aromatic heterocycles. The highest BCUT2D eigenvalue weighted by Crippen LogP contribution is 2.43. The van der Waals surface area contributed by atoms with Gasteiger partial charge in [-0.1, -0.05) is 42.5 Å². The van der Waals surface area contributed by atoms with Gasteiger partial charge in [0.2, 0.25) is 5.91 Å². The number of halogens is 1. The van der Waals surface area contributed by atoms with Crippen LogP contribution in [0.4, 0.5) is 14.9 Å². The lowest BCUT2D eigenvalue weighted by Gasteiger charge is -2.58. The van der Waals surface area contributed by atoms with Crippen molar-refractivity contribution in [2.45, 2.75) is 18.0 Å². The van der Waals surface area contributed by atoms with Crippen LogP contribution in [0.15, 0.2) is 73.1 Å². The highest BCUT2D eigenvalue weighted by Gasteiger charge is 2.54. The monoisotopic (exact) mass is 446 g/mol. The molecule has 8 heteroatoms. The van der Waals surface area contributed by atoms with Gasteiger partial charge in [-0.2, -0.15) is 0 Å². The molecule has 3 atom stereocenters. The van der Waals surface area contributed by atoms with E-state index < -0.39 is 11.8 Å². The Bertz CT molecular complexity index is 1170. The SMILES string of the molecule is O=C(Nc1ccccc1F)N1CC(=O)N2[C@H](C1)[C@H](c1ccc(-c3cccnc3)cc1)[C@@H]2CO. The maximum atomic E-state index is 13.9. The predicted octanol–water partition coefficient (Wildman–Crippen LogP) is 3.09. The molecule has 0 bridgehead atoms. The van der Waals surface area contributed by atoms with Crippen LogP contribution in [0, 0.1) is 5.82 Å².